The van der Waals surface area contributed by atoms with Crippen LogP contribution in [0.3, 0.4) is 0 Å². The fourth-order valence-corrected chi connectivity index (χ4v) is 4.61. The number of aliphatic hydroxyl groups is 1. The average molecular weight is 495 g/mol. The average Bonchev–Trinajstić information content (AvgIpc) is 2.60. The van der Waals surface area contributed by atoms with E-state index in [2.05, 4.69) is 9.50 Å². The van der Waals surface area contributed by atoms with Crippen molar-refractivity contribution in [3.8, 4) is 0 Å². The van der Waals surface area contributed by atoms with Crippen molar-refractivity contribution in [2.75, 3.05) is 25.7 Å². The molecule has 1 aromatic carbocycles. The number of rotatable bonds is 11. The van der Waals surface area contributed by atoms with Gasteiger partial charge in [-0.05, 0) is 33.3 Å². The Morgan fingerprint density at radius 3 is 2.16 bits per heavy atom. The Morgan fingerprint density at radius 1 is 1.12 bits per heavy atom. The first-order valence-corrected chi connectivity index (χ1v) is 13.7. The van der Waals surface area contributed by atoms with E-state index in [-0.39, 0.29) is 13.0 Å². The van der Waals surface area contributed by atoms with Gasteiger partial charge in [-0.15, -0.1) is 0 Å². The summed E-state index contributed by atoms with van der Waals surface area (Å²) < 4.78 is 58.3. The number of nitrogens with zero attached hydrogens (tertiary/aromatic N) is 1. The van der Waals surface area contributed by atoms with Gasteiger partial charge in [0.1, 0.15) is 5.60 Å². The lowest BCUT2D eigenvalue weighted by molar-refractivity contribution is 0.0347. The number of ether oxygens (including phenoxy) is 1. The molecule has 10 nitrogen and oxygen atoms in total. The zero-order valence-electron chi connectivity index (χ0n) is 19.3. The van der Waals surface area contributed by atoms with Crippen LogP contribution in [0.2, 0.25) is 0 Å². The van der Waals surface area contributed by atoms with E-state index in [1.165, 1.54) is 6.92 Å². The number of hydrogen-bond acceptors (Lipinski definition) is 8. The number of carbonyl (C=O) groups excluding carboxylic acids is 1. The third-order valence-electron chi connectivity index (χ3n) is 4.39. The van der Waals surface area contributed by atoms with Crippen molar-refractivity contribution < 1.29 is 35.7 Å². The summed E-state index contributed by atoms with van der Waals surface area (Å²) in [5.41, 5.74) is -0.0169. The van der Waals surface area contributed by atoms with E-state index in [1.807, 2.05) is 6.07 Å². The quantitative estimate of drug-likeness (QED) is 0.436. The van der Waals surface area contributed by atoms with Crippen LogP contribution in [0, 0.1) is 0 Å². The summed E-state index contributed by atoms with van der Waals surface area (Å²) in [5, 5.41) is 13.5. The summed E-state index contributed by atoms with van der Waals surface area (Å²) in [6, 6.07) is 7.01. The van der Waals surface area contributed by atoms with Crippen LogP contribution in [0.4, 0.5) is 4.79 Å². The lowest BCUT2D eigenvalue weighted by Crippen LogP contribution is -2.58. The third kappa shape index (κ3) is 10.7. The Morgan fingerprint density at radius 2 is 1.69 bits per heavy atom. The molecule has 0 saturated carbocycles. The van der Waals surface area contributed by atoms with E-state index in [4.69, 9.17) is 4.74 Å². The van der Waals surface area contributed by atoms with Crippen molar-refractivity contribution in [2.24, 2.45) is 0 Å². The highest BCUT2D eigenvalue weighted by Crippen LogP contribution is 2.17. The van der Waals surface area contributed by atoms with Gasteiger partial charge in [0.05, 0.1) is 31.3 Å². The van der Waals surface area contributed by atoms with Crippen LogP contribution in [0.15, 0.2) is 30.3 Å². The van der Waals surface area contributed by atoms with E-state index in [0.29, 0.717) is 0 Å². The number of nitrogens with one attached hydrogen (secondary N) is 1. The maximum absolute atomic E-state index is 12.4. The van der Waals surface area contributed by atoms with E-state index >= 15 is 0 Å². The molecule has 184 valence electrons. The molecule has 32 heavy (non-hydrogen) atoms. The van der Waals surface area contributed by atoms with Crippen molar-refractivity contribution in [1.82, 2.24) is 9.62 Å². The smallest absolute Gasteiger partial charge is 0.408 e. The molecule has 0 aliphatic heterocycles. The molecule has 1 aromatic rings. The molecule has 12 heteroatoms. The van der Waals surface area contributed by atoms with Crippen LogP contribution in [-0.2, 0) is 35.5 Å². The fraction of sp³-hybridized carbons (Fsp3) is 0.650. The largest absolute Gasteiger partial charge is 0.444 e. The first-order valence-electron chi connectivity index (χ1n) is 10.0. The topological polar surface area (TPSA) is 139 Å². The van der Waals surface area contributed by atoms with Crippen LogP contribution in [-0.4, -0.2) is 81.8 Å². The van der Waals surface area contributed by atoms with Gasteiger partial charge >= 0.3 is 6.09 Å². The van der Waals surface area contributed by atoms with Crippen LogP contribution in [0.5, 0.6) is 0 Å². The minimum Gasteiger partial charge on any atom is -0.444 e. The maximum atomic E-state index is 12.4. The molecule has 3 atom stereocenters. The molecular weight excluding hydrogens is 460 g/mol. The van der Waals surface area contributed by atoms with Crippen molar-refractivity contribution in [3.63, 3.8) is 0 Å². The molecule has 0 aliphatic rings. The highest BCUT2D eigenvalue weighted by molar-refractivity contribution is 7.88. The highest BCUT2D eigenvalue weighted by atomic mass is 32.2. The van der Waals surface area contributed by atoms with E-state index in [9.17, 15) is 26.7 Å². The molecule has 0 heterocycles. The second-order valence-electron chi connectivity index (χ2n) is 8.57. The predicted octanol–water partition coefficient (Wildman–Crippen LogP) is 1.11. The van der Waals surface area contributed by atoms with Crippen molar-refractivity contribution in [1.29, 1.82) is 0 Å². The summed E-state index contributed by atoms with van der Waals surface area (Å²) in [6.45, 7) is 5.84. The Bertz CT molecular complexity index is 944. The zero-order valence-corrected chi connectivity index (χ0v) is 20.9. The second kappa shape index (κ2) is 11.4. The standard InChI is InChI=1S/C20H34N2O8S2/c1-15(22(31(5,25)26)12-13-29-32(6,27)28)18(21-19(24)30-20(2,3)4)17(23)14-16-10-8-7-9-11-16/h7-11,15,17-18,23H,12-14H2,1-6H3,(H,21,24). The van der Waals surface area contributed by atoms with Gasteiger partial charge in [0, 0.05) is 19.0 Å². The molecule has 0 bridgehead atoms. The SMILES string of the molecule is CC(C(NC(=O)OC(C)(C)C)C(O)Cc1ccccc1)N(CCOS(C)(=O)=O)S(C)(=O)=O. The molecule has 0 saturated heterocycles. The first kappa shape index (κ1) is 28.3. The summed E-state index contributed by atoms with van der Waals surface area (Å²) in [6.07, 6.45) is -0.0268. The molecule has 3 unspecified atom stereocenters. The van der Waals surface area contributed by atoms with Crippen LogP contribution < -0.4 is 5.32 Å². The van der Waals surface area contributed by atoms with Crippen molar-refractivity contribution in [2.45, 2.75) is 57.9 Å². The Kier molecular flexibility index (Phi) is 10.1. The number of sulfonamides is 1. The van der Waals surface area contributed by atoms with Gasteiger partial charge in [0.2, 0.25) is 10.0 Å². The number of hydrogen-bond donors (Lipinski definition) is 2. The highest BCUT2D eigenvalue weighted by Gasteiger charge is 2.36. The van der Waals surface area contributed by atoms with Crippen LogP contribution in [0.1, 0.15) is 33.3 Å². The zero-order chi connectivity index (χ0) is 24.7. The monoisotopic (exact) mass is 494 g/mol. The van der Waals surface area contributed by atoms with Gasteiger partial charge in [-0.3, -0.25) is 4.18 Å². The van der Waals surface area contributed by atoms with Crippen molar-refractivity contribution >= 4 is 26.2 Å². The van der Waals surface area contributed by atoms with Gasteiger partial charge in [-0.25, -0.2) is 13.2 Å². The molecule has 0 spiro atoms. The molecular formula is C20H34N2O8S2. The lowest BCUT2D eigenvalue weighted by Gasteiger charge is -2.36. The minimum absolute atomic E-state index is 0.142. The van der Waals surface area contributed by atoms with Gasteiger partial charge in [-0.1, -0.05) is 30.3 Å². The lowest BCUT2D eigenvalue weighted by atomic mass is 9.97. The number of carbonyl (C=O) groups is 1. The summed E-state index contributed by atoms with van der Waals surface area (Å²) >= 11 is 0. The molecule has 0 fully saturated rings. The van der Waals surface area contributed by atoms with Crippen LogP contribution in [0.25, 0.3) is 0 Å². The van der Waals surface area contributed by atoms with E-state index < -0.39 is 56.6 Å². The van der Waals surface area contributed by atoms with E-state index in [1.54, 1.807) is 45.0 Å². The molecule has 0 aliphatic carbocycles. The number of amides is 1. The van der Waals surface area contributed by atoms with Gasteiger partial charge in [-0.2, -0.15) is 12.7 Å². The Balaban J connectivity index is 3.17. The fourth-order valence-electron chi connectivity index (χ4n) is 3.09. The van der Waals surface area contributed by atoms with Crippen LogP contribution >= 0.6 is 0 Å². The van der Waals surface area contributed by atoms with Gasteiger partial charge in [0.15, 0.2) is 0 Å². The summed E-state index contributed by atoms with van der Waals surface area (Å²) in [7, 11) is -7.62. The normalized spacial score (nSPS) is 15.8. The number of benzene rings is 1. The second-order valence-corrected chi connectivity index (χ2v) is 12.1. The molecule has 0 aromatic heterocycles. The maximum Gasteiger partial charge on any atom is 0.408 e. The van der Waals surface area contributed by atoms with Gasteiger partial charge in [0.25, 0.3) is 10.1 Å². The van der Waals surface area contributed by atoms with E-state index in [0.717, 1.165) is 22.4 Å². The Labute approximate surface area is 191 Å². The predicted molar refractivity (Wildman–Crippen MR) is 121 cm³/mol. The minimum atomic E-state index is -3.85. The Hall–Kier alpha value is -1.73. The molecule has 0 radical (unpaired) electrons. The third-order valence-corrected chi connectivity index (χ3v) is 6.36. The van der Waals surface area contributed by atoms with Gasteiger partial charge < -0.3 is 15.2 Å². The number of alkyl carbamates (subject to hydrolysis) is 1. The first-order chi connectivity index (χ1) is 14.5. The van der Waals surface area contributed by atoms with Crippen molar-refractivity contribution in [3.05, 3.63) is 35.9 Å². The number of aliphatic hydroxyl groups excluding tert-OH is 1. The summed E-state index contributed by atoms with van der Waals surface area (Å²) in [5.74, 6) is 0. The summed E-state index contributed by atoms with van der Waals surface area (Å²) in [4.78, 5) is 12.4. The molecule has 1 rings (SSSR count). The molecule has 2 N–H and O–H groups in total. The molecule has 1 amide bonds.